The zero-order chi connectivity index (χ0) is 24.2. The van der Waals surface area contributed by atoms with Crippen LogP contribution in [0.5, 0.6) is 0 Å². The average Bonchev–Trinajstić information content (AvgIpc) is 3.58. The van der Waals surface area contributed by atoms with Crippen LogP contribution in [-0.2, 0) is 15.9 Å². The van der Waals surface area contributed by atoms with E-state index in [1.165, 1.54) is 21.9 Å². The first-order valence-electron chi connectivity index (χ1n) is 12.7. The van der Waals surface area contributed by atoms with Crippen LogP contribution in [-0.4, -0.2) is 24.1 Å². The number of rotatable bonds is 4. The smallest absolute Gasteiger partial charge is 0.338 e. The summed E-state index contributed by atoms with van der Waals surface area (Å²) in [5.74, 6) is 0.284. The fraction of sp³-hybridized carbons (Fsp3) is 0.250. The Morgan fingerprint density at radius 1 is 0.611 bits per heavy atom. The number of ether oxygens (including phenoxy) is 2. The van der Waals surface area contributed by atoms with Crippen LogP contribution in [0.3, 0.4) is 0 Å². The normalized spacial score (nSPS) is 27.4. The van der Waals surface area contributed by atoms with E-state index < -0.39 is 12.2 Å². The molecule has 36 heavy (non-hydrogen) atoms. The van der Waals surface area contributed by atoms with E-state index in [9.17, 15) is 9.59 Å². The summed E-state index contributed by atoms with van der Waals surface area (Å²) in [4.78, 5) is 26.2. The lowest BCUT2D eigenvalue weighted by Crippen LogP contribution is -2.45. The topological polar surface area (TPSA) is 52.6 Å². The molecule has 0 aromatic heterocycles. The van der Waals surface area contributed by atoms with E-state index in [2.05, 4.69) is 36.4 Å². The first-order chi connectivity index (χ1) is 17.7. The molecule has 0 spiro atoms. The SMILES string of the molecule is O=C(OC1C2CC(C1OC(=O)c1ccccc1)C1c3cc4ccccc4cc3CC21)c1ccccc1. The molecule has 4 aromatic rings. The fourth-order valence-electron chi connectivity index (χ4n) is 7.05. The van der Waals surface area contributed by atoms with Gasteiger partial charge >= 0.3 is 11.9 Å². The fourth-order valence-corrected chi connectivity index (χ4v) is 7.05. The number of fused-ring (bicyclic) bond motifs is 8. The van der Waals surface area contributed by atoms with E-state index in [1.54, 1.807) is 24.3 Å². The molecule has 2 bridgehead atoms. The molecule has 0 N–H and O–H groups in total. The molecule has 0 amide bonds. The Bertz CT molecular complexity index is 1460. The average molecular weight is 475 g/mol. The van der Waals surface area contributed by atoms with Crippen molar-refractivity contribution in [1.82, 2.24) is 0 Å². The molecule has 4 nitrogen and oxygen atoms in total. The molecule has 2 saturated carbocycles. The number of esters is 2. The van der Waals surface area contributed by atoms with Gasteiger partial charge in [-0.05, 0) is 70.8 Å². The molecule has 3 aliphatic rings. The second-order valence-corrected chi connectivity index (χ2v) is 10.3. The maximum Gasteiger partial charge on any atom is 0.338 e. The van der Waals surface area contributed by atoms with Gasteiger partial charge in [0.2, 0.25) is 0 Å². The Hall–Kier alpha value is -3.92. The highest BCUT2D eigenvalue weighted by Crippen LogP contribution is 2.63. The third kappa shape index (κ3) is 3.35. The van der Waals surface area contributed by atoms with Gasteiger partial charge in [-0.3, -0.25) is 0 Å². The summed E-state index contributed by atoms with van der Waals surface area (Å²) in [5.41, 5.74) is 3.79. The van der Waals surface area contributed by atoms with Crippen molar-refractivity contribution in [3.05, 3.63) is 119 Å². The maximum absolute atomic E-state index is 13.1. The predicted molar refractivity (Wildman–Crippen MR) is 137 cm³/mol. The first-order valence-corrected chi connectivity index (χ1v) is 12.7. The Kier molecular flexibility index (Phi) is 4.95. The van der Waals surface area contributed by atoms with Crippen molar-refractivity contribution >= 4 is 22.7 Å². The zero-order valence-corrected chi connectivity index (χ0v) is 19.7. The van der Waals surface area contributed by atoms with Gasteiger partial charge in [-0.2, -0.15) is 0 Å². The van der Waals surface area contributed by atoms with Crippen LogP contribution >= 0.6 is 0 Å². The van der Waals surface area contributed by atoms with Gasteiger partial charge in [0.05, 0.1) is 11.1 Å². The minimum absolute atomic E-state index is 0.128. The summed E-state index contributed by atoms with van der Waals surface area (Å²) in [6.45, 7) is 0. The number of carbonyl (C=O) groups excluding carboxylic acids is 2. The molecule has 2 fully saturated rings. The minimum atomic E-state index is -0.464. The van der Waals surface area contributed by atoms with Gasteiger partial charge in [0.15, 0.2) is 0 Å². The van der Waals surface area contributed by atoms with Gasteiger partial charge in [0, 0.05) is 11.8 Å². The van der Waals surface area contributed by atoms with Crippen molar-refractivity contribution in [2.45, 2.75) is 31.0 Å². The summed E-state index contributed by atoms with van der Waals surface area (Å²) in [5, 5.41) is 2.49. The molecule has 7 rings (SSSR count). The first kappa shape index (κ1) is 21.4. The molecule has 4 heteroatoms. The summed E-state index contributed by atoms with van der Waals surface area (Å²) in [6, 6.07) is 31.3. The lowest BCUT2D eigenvalue weighted by Gasteiger charge is -2.37. The number of hydrogen-bond donors (Lipinski definition) is 0. The van der Waals surface area contributed by atoms with Gasteiger partial charge in [-0.1, -0.05) is 72.8 Å². The molecular weight excluding hydrogens is 448 g/mol. The second-order valence-electron chi connectivity index (χ2n) is 10.3. The van der Waals surface area contributed by atoms with E-state index in [-0.39, 0.29) is 23.8 Å². The highest BCUT2D eigenvalue weighted by Gasteiger charge is 2.63. The van der Waals surface area contributed by atoms with Crippen molar-refractivity contribution in [2.75, 3.05) is 0 Å². The number of hydrogen-bond acceptors (Lipinski definition) is 4. The molecule has 6 unspecified atom stereocenters. The lowest BCUT2D eigenvalue weighted by molar-refractivity contribution is -0.0698. The molecule has 0 heterocycles. The molecule has 0 aliphatic heterocycles. The van der Waals surface area contributed by atoms with Gasteiger partial charge in [-0.15, -0.1) is 0 Å². The molecule has 0 saturated heterocycles. The summed E-state index contributed by atoms with van der Waals surface area (Å²) in [6.07, 6.45) is 0.973. The number of benzene rings is 4. The van der Waals surface area contributed by atoms with Crippen LogP contribution in [0.4, 0.5) is 0 Å². The van der Waals surface area contributed by atoms with Gasteiger partial charge < -0.3 is 9.47 Å². The van der Waals surface area contributed by atoms with Crippen LogP contribution in [0.2, 0.25) is 0 Å². The van der Waals surface area contributed by atoms with Crippen molar-refractivity contribution < 1.29 is 19.1 Å². The lowest BCUT2D eigenvalue weighted by atomic mass is 9.76. The Balaban J connectivity index is 1.24. The van der Waals surface area contributed by atoms with E-state index in [1.807, 2.05) is 36.4 Å². The monoisotopic (exact) mass is 474 g/mol. The van der Waals surface area contributed by atoms with E-state index in [0.29, 0.717) is 23.0 Å². The van der Waals surface area contributed by atoms with E-state index >= 15 is 0 Å². The maximum atomic E-state index is 13.1. The molecule has 4 aromatic carbocycles. The standard InChI is InChI=1S/C32H26O4/c33-31(19-9-3-1-4-10-19)35-29-26-18-27(30(29)36-32(34)20-11-5-2-6-12-20)28-24-16-22-14-8-7-13-21(22)15-23(24)17-25(26)28/h1-16,25-30H,17-18H2. The third-order valence-electron chi connectivity index (χ3n) is 8.51. The highest BCUT2D eigenvalue weighted by molar-refractivity contribution is 5.90. The van der Waals surface area contributed by atoms with Crippen LogP contribution in [0.25, 0.3) is 10.8 Å². The van der Waals surface area contributed by atoms with Crippen molar-refractivity contribution in [3.63, 3.8) is 0 Å². The van der Waals surface area contributed by atoms with Crippen LogP contribution in [0.1, 0.15) is 44.2 Å². The minimum Gasteiger partial charge on any atom is -0.455 e. The van der Waals surface area contributed by atoms with Gasteiger partial charge in [-0.25, -0.2) is 9.59 Å². The second kappa shape index (κ2) is 8.34. The van der Waals surface area contributed by atoms with Crippen molar-refractivity contribution in [1.29, 1.82) is 0 Å². The zero-order valence-electron chi connectivity index (χ0n) is 19.7. The molecule has 3 aliphatic carbocycles. The molecule has 6 atom stereocenters. The summed E-state index contributed by atoms with van der Waals surface area (Å²) < 4.78 is 12.3. The van der Waals surface area contributed by atoms with E-state index in [0.717, 1.165) is 12.8 Å². The third-order valence-corrected chi connectivity index (χ3v) is 8.51. The Morgan fingerprint density at radius 2 is 1.14 bits per heavy atom. The quantitative estimate of drug-likeness (QED) is 0.331. The Labute approximate surface area is 209 Å². The van der Waals surface area contributed by atoms with Crippen molar-refractivity contribution in [3.8, 4) is 0 Å². The van der Waals surface area contributed by atoms with E-state index in [4.69, 9.17) is 9.47 Å². The van der Waals surface area contributed by atoms with Gasteiger partial charge in [0.25, 0.3) is 0 Å². The predicted octanol–water partition coefficient (Wildman–Crippen LogP) is 6.20. The Morgan fingerprint density at radius 3 is 1.75 bits per heavy atom. The van der Waals surface area contributed by atoms with Crippen molar-refractivity contribution in [2.24, 2.45) is 17.8 Å². The summed E-state index contributed by atoms with van der Waals surface area (Å²) in [7, 11) is 0. The highest BCUT2D eigenvalue weighted by atomic mass is 16.6. The summed E-state index contributed by atoms with van der Waals surface area (Å²) >= 11 is 0. The van der Waals surface area contributed by atoms with Gasteiger partial charge in [0.1, 0.15) is 12.2 Å². The number of carbonyl (C=O) groups is 2. The van der Waals surface area contributed by atoms with Crippen LogP contribution in [0, 0.1) is 17.8 Å². The van der Waals surface area contributed by atoms with Crippen LogP contribution in [0.15, 0.2) is 97.1 Å². The molecule has 178 valence electrons. The molecular formula is C32H26O4. The largest absolute Gasteiger partial charge is 0.455 e. The van der Waals surface area contributed by atoms with Crippen LogP contribution < -0.4 is 0 Å². The molecule has 0 radical (unpaired) electrons.